The van der Waals surface area contributed by atoms with E-state index >= 15 is 0 Å². The molecule has 3 heteroatoms. The molecule has 2 aliphatic rings. The van der Waals surface area contributed by atoms with Gasteiger partial charge in [-0.25, -0.2) is 0 Å². The predicted molar refractivity (Wildman–Crippen MR) is 50.6 cm³/mol. The number of fused-ring (bicyclic) bond motifs is 1. The Morgan fingerprint density at radius 2 is 2.58 bits per heavy atom. The highest BCUT2D eigenvalue weighted by atomic mass is 32.2. The number of carbonyl (C=O) groups is 1. The van der Waals surface area contributed by atoms with Gasteiger partial charge in [-0.1, -0.05) is 12.2 Å². The second kappa shape index (κ2) is 2.98. The fourth-order valence-electron chi connectivity index (χ4n) is 1.41. The smallest absolute Gasteiger partial charge is 0.230 e. The van der Waals surface area contributed by atoms with E-state index in [1.54, 1.807) is 0 Å². The molecule has 0 unspecified atom stereocenters. The third-order valence-corrected chi connectivity index (χ3v) is 3.35. The number of nitrogens with zero attached hydrogens (tertiary/aromatic N) is 1. The van der Waals surface area contributed by atoms with Gasteiger partial charge < -0.3 is 4.90 Å². The van der Waals surface area contributed by atoms with E-state index in [0.29, 0.717) is 5.37 Å². The summed E-state index contributed by atoms with van der Waals surface area (Å²) in [4.78, 5) is 12.9. The van der Waals surface area contributed by atoms with Crippen LogP contribution in [0, 0.1) is 0 Å². The zero-order chi connectivity index (χ0) is 8.55. The van der Waals surface area contributed by atoms with E-state index in [4.69, 9.17) is 0 Å². The van der Waals surface area contributed by atoms with Crippen LogP contribution in [0.2, 0.25) is 0 Å². The lowest BCUT2D eigenvalue weighted by atomic mass is 10.2. The Bertz CT molecular complexity index is 270. The number of hydrogen-bond donors (Lipinski definition) is 0. The van der Waals surface area contributed by atoms with Crippen LogP contribution in [0.1, 0.15) is 13.3 Å². The van der Waals surface area contributed by atoms with Gasteiger partial charge in [0.25, 0.3) is 0 Å². The highest BCUT2D eigenvalue weighted by Gasteiger charge is 2.37. The summed E-state index contributed by atoms with van der Waals surface area (Å²) < 4.78 is 0. The van der Waals surface area contributed by atoms with Crippen LogP contribution < -0.4 is 0 Å². The SMILES string of the molecule is C/C=C\C1=CN2C(=O)C[C@H]2SC1. The Morgan fingerprint density at radius 3 is 3.25 bits per heavy atom. The molecule has 0 bridgehead atoms. The topological polar surface area (TPSA) is 20.3 Å². The lowest BCUT2D eigenvalue weighted by molar-refractivity contribution is -0.137. The summed E-state index contributed by atoms with van der Waals surface area (Å²) in [6, 6.07) is 0. The van der Waals surface area contributed by atoms with E-state index in [1.165, 1.54) is 5.57 Å². The predicted octanol–water partition coefficient (Wildman–Crippen LogP) is 1.75. The highest BCUT2D eigenvalue weighted by molar-refractivity contribution is 8.00. The van der Waals surface area contributed by atoms with Crippen molar-refractivity contribution in [3.8, 4) is 0 Å². The molecule has 2 rings (SSSR count). The molecule has 1 amide bonds. The number of β-lactam (4-membered cyclic amide) rings is 1. The van der Waals surface area contributed by atoms with Crippen molar-refractivity contribution in [1.82, 2.24) is 4.90 Å². The van der Waals surface area contributed by atoms with E-state index in [0.717, 1.165) is 12.2 Å². The van der Waals surface area contributed by atoms with E-state index in [9.17, 15) is 4.79 Å². The Kier molecular flexibility index (Phi) is 1.97. The van der Waals surface area contributed by atoms with E-state index in [-0.39, 0.29) is 5.91 Å². The molecule has 0 saturated carbocycles. The number of carbonyl (C=O) groups excluding carboxylic acids is 1. The standard InChI is InChI=1S/C9H11NOS/c1-2-3-7-5-10-8(11)4-9(10)12-6-7/h2-3,5,9H,4,6H2,1H3/b3-2-/t9-/m1/s1. The van der Waals surface area contributed by atoms with Gasteiger partial charge in [0.15, 0.2) is 0 Å². The molecule has 2 heterocycles. The van der Waals surface area contributed by atoms with Gasteiger partial charge in [-0.2, -0.15) is 0 Å². The maximum atomic E-state index is 11.1. The van der Waals surface area contributed by atoms with Crippen molar-refractivity contribution in [3.63, 3.8) is 0 Å². The monoisotopic (exact) mass is 181 g/mol. The average molecular weight is 181 g/mol. The largest absolute Gasteiger partial charge is 0.306 e. The van der Waals surface area contributed by atoms with Gasteiger partial charge in [0, 0.05) is 12.0 Å². The number of hydrogen-bond acceptors (Lipinski definition) is 2. The fourth-order valence-corrected chi connectivity index (χ4v) is 2.56. The lowest BCUT2D eigenvalue weighted by Crippen LogP contribution is -2.48. The average Bonchev–Trinajstić information content (AvgIpc) is 2.07. The molecule has 2 nitrogen and oxygen atoms in total. The molecule has 0 N–H and O–H groups in total. The van der Waals surface area contributed by atoms with Crippen LogP contribution in [0.5, 0.6) is 0 Å². The van der Waals surface area contributed by atoms with Crippen LogP contribution in [0.25, 0.3) is 0 Å². The van der Waals surface area contributed by atoms with Gasteiger partial charge in [0.1, 0.15) is 0 Å². The zero-order valence-corrected chi connectivity index (χ0v) is 7.80. The first-order chi connectivity index (χ1) is 5.81. The van der Waals surface area contributed by atoms with Crippen LogP contribution in [-0.4, -0.2) is 21.9 Å². The number of thioether (sulfide) groups is 1. The summed E-state index contributed by atoms with van der Waals surface area (Å²) in [5, 5.41) is 0.437. The summed E-state index contributed by atoms with van der Waals surface area (Å²) in [6.45, 7) is 2.00. The van der Waals surface area contributed by atoms with Crippen LogP contribution in [-0.2, 0) is 4.79 Å². The van der Waals surface area contributed by atoms with Crippen LogP contribution in [0.3, 0.4) is 0 Å². The summed E-state index contributed by atoms with van der Waals surface area (Å²) >= 11 is 1.85. The second-order valence-electron chi connectivity index (χ2n) is 2.97. The molecule has 2 aliphatic heterocycles. The molecular weight excluding hydrogens is 170 g/mol. The molecule has 1 atom stereocenters. The molecule has 12 heavy (non-hydrogen) atoms. The molecule has 0 aliphatic carbocycles. The quantitative estimate of drug-likeness (QED) is 0.574. The summed E-state index contributed by atoms with van der Waals surface area (Å²) in [7, 11) is 0. The molecule has 0 spiro atoms. The molecular formula is C9H11NOS. The maximum Gasteiger partial charge on any atom is 0.230 e. The lowest BCUT2D eigenvalue weighted by Gasteiger charge is -2.40. The van der Waals surface area contributed by atoms with Crippen molar-refractivity contribution >= 4 is 17.7 Å². The molecule has 0 radical (unpaired) electrons. The van der Waals surface area contributed by atoms with Crippen molar-refractivity contribution in [2.75, 3.05) is 5.75 Å². The van der Waals surface area contributed by atoms with Crippen molar-refractivity contribution < 1.29 is 4.79 Å². The fraction of sp³-hybridized carbons (Fsp3) is 0.444. The summed E-state index contributed by atoms with van der Waals surface area (Å²) in [5.41, 5.74) is 1.24. The second-order valence-corrected chi connectivity index (χ2v) is 4.14. The number of allylic oxidation sites excluding steroid dienone is 2. The van der Waals surface area contributed by atoms with Crippen LogP contribution in [0.4, 0.5) is 0 Å². The van der Waals surface area contributed by atoms with Gasteiger partial charge in [0.05, 0.1) is 11.8 Å². The van der Waals surface area contributed by atoms with Crippen LogP contribution in [0.15, 0.2) is 23.9 Å². The Labute approximate surface area is 76.3 Å². The number of rotatable bonds is 1. The first kappa shape index (κ1) is 7.92. The normalized spacial score (nSPS) is 28.4. The minimum atomic E-state index is 0.259. The number of amides is 1. The molecule has 1 fully saturated rings. The van der Waals surface area contributed by atoms with E-state index < -0.39 is 0 Å². The van der Waals surface area contributed by atoms with Crippen molar-refractivity contribution in [2.45, 2.75) is 18.7 Å². The highest BCUT2D eigenvalue weighted by Crippen LogP contribution is 2.35. The van der Waals surface area contributed by atoms with Gasteiger partial charge in [-0.05, 0) is 12.5 Å². The minimum Gasteiger partial charge on any atom is -0.306 e. The molecule has 0 aromatic heterocycles. The van der Waals surface area contributed by atoms with Gasteiger partial charge in [-0.3, -0.25) is 4.79 Å². The molecule has 0 aromatic rings. The maximum absolute atomic E-state index is 11.1. The summed E-state index contributed by atoms with van der Waals surface area (Å²) in [6.07, 6.45) is 6.78. The van der Waals surface area contributed by atoms with Crippen molar-refractivity contribution in [2.24, 2.45) is 0 Å². The molecule has 64 valence electrons. The van der Waals surface area contributed by atoms with E-state index in [2.05, 4.69) is 6.08 Å². The van der Waals surface area contributed by atoms with Crippen LogP contribution >= 0.6 is 11.8 Å². The van der Waals surface area contributed by atoms with Crippen molar-refractivity contribution in [3.05, 3.63) is 23.9 Å². The Morgan fingerprint density at radius 1 is 1.75 bits per heavy atom. The van der Waals surface area contributed by atoms with E-state index in [1.807, 2.05) is 35.9 Å². The molecule has 0 aromatic carbocycles. The van der Waals surface area contributed by atoms with Gasteiger partial charge >= 0.3 is 0 Å². The van der Waals surface area contributed by atoms with Gasteiger partial charge in [-0.15, -0.1) is 11.8 Å². The Balaban J connectivity index is 2.13. The molecule has 1 saturated heterocycles. The third kappa shape index (κ3) is 1.18. The third-order valence-electron chi connectivity index (χ3n) is 2.08. The van der Waals surface area contributed by atoms with Crippen molar-refractivity contribution in [1.29, 1.82) is 0 Å². The summed E-state index contributed by atoms with van der Waals surface area (Å²) in [5.74, 6) is 1.30. The zero-order valence-electron chi connectivity index (χ0n) is 6.99. The van der Waals surface area contributed by atoms with Gasteiger partial charge in [0.2, 0.25) is 5.91 Å². The minimum absolute atomic E-state index is 0.259. The first-order valence-corrected chi connectivity index (χ1v) is 5.12. The Hall–Kier alpha value is -0.700. The first-order valence-electron chi connectivity index (χ1n) is 4.07.